The Hall–Kier alpha value is -2.14. The second-order valence-corrected chi connectivity index (χ2v) is 5.21. The molecule has 0 aliphatic rings. The first kappa shape index (κ1) is 12.9. The van der Waals surface area contributed by atoms with Crippen LogP contribution >= 0.6 is 11.8 Å². The topological polar surface area (TPSA) is 50.7 Å². The molecule has 2 heterocycles. The summed E-state index contributed by atoms with van der Waals surface area (Å²) in [6.07, 6.45) is 3.41. The maximum absolute atomic E-state index is 4.39. The fourth-order valence-electron chi connectivity index (χ4n) is 2.02. The minimum atomic E-state index is 0.824. The van der Waals surface area contributed by atoms with E-state index in [0.717, 1.165) is 27.5 Å². The number of nitrogens with zero attached hydrogens (tertiary/aromatic N) is 3. The first-order valence-corrected chi connectivity index (χ1v) is 7.31. The highest BCUT2D eigenvalue weighted by atomic mass is 32.2. The van der Waals surface area contributed by atoms with E-state index in [9.17, 15) is 0 Å². The Morgan fingerprint density at radius 1 is 1.05 bits per heavy atom. The molecule has 0 spiro atoms. The van der Waals surface area contributed by atoms with Gasteiger partial charge in [0.05, 0.1) is 5.52 Å². The minimum Gasteiger partial charge on any atom is -0.373 e. The van der Waals surface area contributed by atoms with Gasteiger partial charge in [-0.1, -0.05) is 24.3 Å². The lowest BCUT2D eigenvalue weighted by Gasteiger charge is -2.08. The van der Waals surface area contributed by atoms with Crippen LogP contribution in [-0.4, -0.2) is 22.0 Å². The molecule has 3 aromatic rings. The average molecular weight is 282 g/mol. The molecule has 0 fully saturated rings. The third kappa shape index (κ3) is 2.58. The van der Waals surface area contributed by atoms with Gasteiger partial charge in [-0.3, -0.25) is 0 Å². The van der Waals surface area contributed by atoms with Crippen LogP contribution in [0.2, 0.25) is 0 Å². The standard InChI is InChI=1S/C15H14N4S/c1-16-14-11(5-4-8-17-14)9-20-15-12-6-2-3-7-13(12)18-10-19-15/h2-8,10H,9H2,1H3,(H,16,17). The van der Waals surface area contributed by atoms with E-state index in [1.54, 1.807) is 24.3 Å². The lowest BCUT2D eigenvalue weighted by Crippen LogP contribution is -1.97. The van der Waals surface area contributed by atoms with Gasteiger partial charge in [0.2, 0.25) is 0 Å². The molecule has 2 aromatic heterocycles. The molecule has 20 heavy (non-hydrogen) atoms. The van der Waals surface area contributed by atoms with E-state index in [0.29, 0.717) is 0 Å². The summed E-state index contributed by atoms with van der Waals surface area (Å²) < 4.78 is 0. The van der Waals surface area contributed by atoms with Gasteiger partial charge in [0.1, 0.15) is 17.2 Å². The summed E-state index contributed by atoms with van der Waals surface area (Å²) >= 11 is 1.70. The van der Waals surface area contributed by atoms with Crippen molar-refractivity contribution in [1.29, 1.82) is 0 Å². The van der Waals surface area contributed by atoms with Crippen LogP contribution in [0.5, 0.6) is 0 Å². The first-order chi connectivity index (χ1) is 9.88. The average Bonchev–Trinajstić information content (AvgIpc) is 2.53. The normalized spacial score (nSPS) is 10.7. The van der Waals surface area contributed by atoms with E-state index >= 15 is 0 Å². The third-order valence-electron chi connectivity index (χ3n) is 3.00. The van der Waals surface area contributed by atoms with Gasteiger partial charge in [0.15, 0.2) is 0 Å². The second-order valence-electron chi connectivity index (χ2n) is 4.25. The van der Waals surface area contributed by atoms with E-state index in [1.807, 2.05) is 31.3 Å². The summed E-state index contributed by atoms with van der Waals surface area (Å²) in [5.41, 5.74) is 2.15. The van der Waals surface area contributed by atoms with Crippen molar-refractivity contribution in [2.45, 2.75) is 10.8 Å². The molecule has 1 aromatic carbocycles. The molecule has 0 aliphatic carbocycles. The van der Waals surface area contributed by atoms with Crippen molar-refractivity contribution < 1.29 is 0 Å². The predicted octanol–water partition coefficient (Wildman–Crippen LogP) is 3.36. The van der Waals surface area contributed by atoms with E-state index in [4.69, 9.17) is 0 Å². The predicted molar refractivity (Wildman–Crippen MR) is 82.9 cm³/mol. The second kappa shape index (κ2) is 5.88. The zero-order valence-electron chi connectivity index (χ0n) is 11.1. The van der Waals surface area contributed by atoms with Crippen LogP contribution in [0.25, 0.3) is 10.9 Å². The van der Waals surface area contributed by atoms with E-state index in [1.165, 1.54) is 5.56 Å². The van der Waals surface area contributed by atoms with E-state index in [-0.39, 0.29) is 0 Å². The third-order valence-corrected chi connectivity index (χ3v) is 4.05. The molecule has 1 N–H and O–H groups in total. The number of fused-ring (bicyclic) bond motifs is 1. The number of thioether (sulfide) groups is 1. The summed E-state index contributed by atoms with van der Waals surface area (Å²) in [5.74, 6) is 1.74. The van der Waals surface area contributed by atoms with Gasteiger partial charge in [-0.05, 0) is 12.1 Å². The van der Waals surface area contributed by atoms with Crippen molar-refractivity contribution in [3.05, 3.63) is 54.5 Å². The lowest BCUT2D eigenvalue weighted by atomic mass is 10.2. The molecule has 0 unspecified atom stereocenters. The molecule has 0 amide bonds. The van der Waals surface area contributed by atoms with Gasteiger partial charge >= 0.3 is 0 Å². The highest BCUT2D eigenvalue weighted by Crippen LogP contribution is 2.28. The molecular weight excluding hydrogens is 268 g/mol. The SMILES string of the molecule is CNc1ncccc1CSc1ncnc2ccccc12. The highest BCUT2D eigenvalue weighted by molar-refractivity contribution is 7.98. The Balaban J connectivity index is 1.87. The monoisotopic (exact) mass is 282 g/mol. The zero-order chi connectivity index (χ0) is 13.8. The Morgan fingerprint density at radius 3 is 2.85 bits per heavy atom. The molecule has 3 rings (SSSR count). The number of rotatable bonds is 4. The maximum atomic E-state index is 4.39. The van der Waals surface area contributed by atoms with Crippen LogP contribution in [0, 0.1) is 0 Å². The van der Waals surface area contributed by atoms with Crippen molar-refractivity contribution in [3.63, 3.8) is 0 Å². The summed E-state index contributed by atoms with van der Waals surface area (Å²) in [5, 5.41) is 5.21. The van der Waals surface area contributed by atoms with Gasteiger partial charge in [0, 0.05) is 29.9 Å². The Bertz CT molecular complexity index is 724. The summed E-state index contributed by atoms with van der Waals surface area (Å²) in [4.78, 5) is 13.0. The zero-order valence-corrected chi connectivity index (χ0v) is 11.9. The molecule has 0 radical (unpaired) electrons. The number of anilines is 1. The first-order valence-electron chi connectivity index (χ1n) is 6.32. The molecular formula is C15H14N4S. The Kier molecular flexibility index (Phi) is 3.78. The van der Waals surface area contributed by atoms with Crippen LogP contribution in [-0.2, 0) is 5.75 Å². The quantitative estimate of drug-likeness (QED) is 0.587. The number of aromatic nitrogens is 3. The summed E-state index contributed by atoms with van der Waals surface area (Å²) in [7, 11) is 1.89. The fourth-order valence-corrected chi connectivity index (χ4v) is 3.00. The number of para-hydroxylation sites is 1. The molecule has 5 heteroatoms. The van der Waals surface area contributed by atoms with Crippen molar-refractivity contribution in [1.82, 2.24) is 15.0 Å². The van der Waals surface area contributed by atoms with Crippen molar-refractivity contribution in [3.8, 4) is 0 Å². The number of pyridine rings is 1. The molecule has 0 atom stereocenters. The molecule has 0 bridgehead atoms. The lowest BCUT2D eigenvalue weighted by molar-refractivity contribution is 1.10. The summed E-state index contributed by atoms with van der Waals surface area (Å²) in [6, 6.07) is 12.1. The molecule has 4 nitrogen and oxygen atoms in total. The molecule has 100 valence electrons. The van der Waals surface area contributed by atoms with E-state index in [2.05, 4.69) is 32.4 Å². The maximum Gasteiger partial charge on any atom is 0.129 e. The van der Waals surface area contributed by atoms with Gasteiger partial charge in [-0.15, -0.1) is 11.8 Å². The summed E-state index contributed by atoms with van der Waals surface area (Å²) in [6.45, 7) is 0. The highest BCUT2D eigenvalue weighted by Gasteiger charge is 2.06. The molecule has 0 saturated heterocycles. The van der Waals surface area contributed by atoms with Crippen molar-refractivity contribution in [2.24, 2.45) is 0 Å². The largest absolute Gasteiger partial charge is 0.373 e. The number of hydrogen-bond acceptors (Lipinski definition) is 5. The van der Waals surface area contributed by atoms with Gasteiger partial charge in [-0.25, -0.2) is 15.0 Å². The Labute approximate surface area is 121 Å². The number of benzene rings is 1. The fraction of sp³-hybridized carbons (Fsp3) is 0.133. The van der Waals surface area contributed by atoms with Crippen molar-refractivity contribution >= 4 is 28.5 Å². The van der Waals surface area contributed by atoms with Crippen LogP contribution in [0.3, 0.4) is 0 Å². The number of nitrogens with one attached hydrogen (secondary N) is 1. The van der Waals surface area contributed by atoms with Crippen LogP contribution < -0.4 is 5.32 Å². The molecule has 0 saturated carbocycles. The minimum absolute atomic E-state index is 0.824. The van der Waals surface area contributed by atoms with Gasteiger partial charge in [-0.2, -0.15) is 0 Å². The smallest absolute Gasteiger partial charge is 0.129 e. The van der Waals surface area contributed by atoms with Crippen LogP contribution in [0.1, 0.15) is 5.56 Å². The van der Waals surface area contributed by atoms with Crippen LogP contribution in [0.4, 0.5) is 5.82 Å². The van der Waals surface area contributed by atoms with Gasteiger partial charge < -0.3 is 5.32 Å². The van der Waals surface area contributed by atoms with Crippen molar-refractivity contribution in [2.75, 3.05) is 12.4 Å². The number of hydrogen-bond donors (Lipinski definition) is 1. The van der Waals surface area contributed by atoms with Gasteiger partial charge in [0.25, 0.3) is 0 Å². The Morgan fingerprint density at radius 2 is 1.95 bits per heavy atom. The van der Waals surface area contributed by atoms with Crippen LogP contribution in [0.15, 0.2) is 53.9 Å². The molecule has 0 aliphatic heterocycles. The van der Waals surface area contributed by atoms with E-state index < -0.39 is 0 Å².